The van der Waals surface area contributed by atoms with Crippen LogP contribution in [0.25, 0.3) is 0 Å². The van der Waals surface area contributed by atoms with Crippen LogP contribution in [-0.4, -0.2) is 46.4 Å². The minimum absolute atomic E-state index is 0.00414. The van der Waals surface area contributed by atoms with Crippen molar-refractivity contribution in [3.63, 3.8) is 0 Å². The van der Waals surface area contributed by atoms with Crippen molar-refractivity contribution in [1.82, 2.24) is 9.55 Å². The van der Waals surface area contributed by atoms with Crippen LogP contribution in [0.3, 0.4) is 0 Å². The van der Waals surface area contributed by atoms with Crippen molar-refractivity contribution < 1.29 is 28.5 Å². The van der Waals surface area contributed by atoms with Crippen LogP contribution in [0.15, 0.2) is 12.3 Å². The Kier molecular flexibility index (Phi) is 22.1. The number of unbranched alkanes of at least 4 members (excludes halogenated alkanes) is 24. The number of fused-ring (bicyclic) bond motifs is 3. The monoisotopic (exact) mass is 702 g/mol. The van der Waals surface area contributed by atoms with E-state index in [2.05, 4.69) is 18.8 Å². The molecule has 9 heteroatoms. The normalized spacial score (nSPS) is 19.2. The molecule has 2 aliphatic rings. The molecule has 1 aromatic heterocycles. The molecule has 1 saturated heterocycles. The Labute approximate surface area is 303 Å². The van der Waals surface area contributed by atoms with Gasteiger partial charge in [0.2, 0.25) is 0 Å². The van der Waals surface area contributed by atoms with Crippen LogP contribution in [-0.2, 0) is 23.8 Å². The van der Waals surface area contributed by atoms with Crippen LogP contribution in [0.1, 0.15) is 200 Å². The van der Waals surface area contributed by atoms with Crippen LogP contribution in [0.4, 0.5) is 0 Å². The molecule has 286 valence electrons. The second kappa shape index (κ2) is 26.4. The van der Waals surface area contributed by atoms with Crippen molar-refractivity contribution in [2.75, 3.05) is 6.61 Å². The van der Waals surface area contributed by atoms with Gasteiger partial charge in [0.1, 0.15) is 12.7 Å². The van der Waals surface area contributed by atoms with Gasteiger partial charge < -0.3 is 18.9 Å². The average molecular weight is 702 g/mol. The topological polar surface area (TPSA) is 113 Å². The molecule has 0 amide bonds. The Hall–Kier alpha value is -2.42. The van der Waals surface area contributed by atoms with Crippen molar-refractivity contribution in [3.05, 3.63) is 17.8 Å². The predicted molar refractivity (Wildman–Crippen MR) is 198 cm³/mol. The van der Waals surface area contributed by atoms with Gasteiger partial charge >= 0.3 is 17.9 Å². The molecule has 3 heterocycles. The zero-order chi connectivity index (χ0) is 35.7. The van der Waals surface area contributed by atoms with Crippen molar-refractivity contribution in [2.24, 2.45) is 0 Å². The molecule has 0 spiro atoms. The zero-order valence-electron chi connectivity index (χ0n) is 31.8. The molecular weight excluding hydrogens is 630 g/mol. The number of nitrogens with zero attached hydrogens (tertiary/aromatic N) is 2. The second-order valence-electron chi connectivity index (χ2n) is 14.8. The van der Waals surface area contributed by atoms with E-state index in [1.54, 1.807) is 16.8 Å². The Bertz CT molecular complexity index is 1110. The molecule has 2 aliphatic heterocycles. The highest BCUT2D eigenvalue weighted by Crippen LogP contribution is 2.40. The number of ether oxygens (including phenoxy) is 4. The molecule has 1 N–H and O–H groups in total. The molecule has 0 saturated carbocycles. The quantitative estimate of drug-likeness (QED) is 0.0605. The van der Waals surface area contributed by atoms with Gasteiger partial charge in [-0.15, -0.1) is 0 Å². The fraction of sp³-hybridized carbons (Fsp3) is 0.854. The number of carbonyl (C=O) groups is 2. The first-order chi connectivity index (χ1) is 24.5. The van der Waals surface area contributed by atoms with Gasteiger partial charge in [0.05, 0.1) is 0 Å². The van der Waals surface area contributed by atoms with Crippen molar-refractivity contribution >= 4 is 11.9 Å². The number of hydrogen-bond donors (Lipinski definition) is 1. The number of nitrogens with one attached hydrogen (secondary N) is 1. The lowest BCUT2D eigenvalue weighted by Crippen LogP contribution is -2.40. The molecule has 50 heavy (non-hydrogen) atoms. The van der Waals surface area contributed by atoms with Crippen LogP contribution >= 0.6 is 0 Å². The third-order valence-corrected chi connectivity index (χ3v) is 10.3. The summed E-state index contributed by atoms with van der Waals surface area (Å²) in [6.07, 6.45) is 32.5. The second-order valence-corrected chi connectivity index (χ2v) is 14.8. The van der Waals surface area contributed by atoms with E-state index in [1.165, 1.54) is 128 Å². The highest BCUT2D eigenvalue weighted by atomic mass is 16.7. The van der Waals surface area contributed by atoms with Crippen LogP contribution in [0.5, 0.6) is 6.01 Å². The summed E-state index contributed by atoms with van der Waals surface area (Å²) in [5.41, 5.74) is 0.0887. The van der Waals surface area contributed by atoms with Crippen molar-refractivity contribution in [3.8, 4) is 6.01 Å². The van der Waals surface area contributed by atoms with Gasteiger partial charge in [-0.2, -0.15) is 4.98 Å². The molecule has 1 fully saturated rings. The predicted octanol–water partition coefficient (Wildman–Crippen LogP) is 10.4. The largest absolute Gasteiger partial charge is 0.463 e. The van der Waals surface area contributed by atoms with Crippen molar-refractivity contribution in [2.45, 2.75) is 218 Å². The summed E-state index contributed by atoms with van der Waals surface area (Å²) in [6, 6.07) is 1.83. The average Bonchev–Trinajstić information content (AvgIpc) is 3.62. The lowest BCUT2D eigenvalue weighted by atomic mass is 10.0. The Morgan fingerprint density at radius 2 is 1.12 bits per heavy atom. The standard InChI is InChI=1S/C41H71N3O6/c1-3-5-7-9-11-13-15-17-19-21-23-25-27-29-36(45)47-33-34-38(39-40(48-34)44-32-31-35(42)43-41(44)50-39)49-37(46)30-28-26-24-22-20-18-16-14-12-10-8-6-4-2/h31-32,34,38-40,42H,3-30,33H2,1-2H3/t34-,38-,39-,40-/m1/s1. The smallest absolute Gasteiger partial charge is 0.306 e. The summed E-state index contributed by atoms with van der Waals surface area (Å²) < 4.78 is 25.6. The van der Waals surface area contributed by atoms with Gasteiger partial charge in [-0.25, -0.2) is 0 Å². The number of carbonyl (C=O) groups excluding carboxylic acids is 2. The third kappa shape index (κ3) is 16.7. The van der Waals surface area contributed by atoms with Gasteiger partial charge in [-0.05, 0) is 18.9 Å². The highest BCUT2D eigenvalue weighted by Gasteiger charge is 2.54. The highest BCUT2D eigenvalue weighted by molar-refractivity contribution is 5.70. The molecule has 9 nitrogen and oxygen atoms in total. The minimum Gasteiger partial charge on any atom is -0.463 e. The molecule has 4 atom stereocenters. The summed E-state index contributed by atoms with van der Waals surface area (Å²) in [7, 11) is 0. The number of hydrogen-bond acceptors (Lipinski definition) is 8. The number of aromatic nitrogens is 2. The summed E-state index contributed by atoms with van der Waals surface area (Å²) in [5.74, 6) is -0.537. The van der Waals surface area contributed by atoms with E-state index in [1.807, 2.05) is 0 Å². The molecule has 1 aromatic rings. The van der Waals surface area contributed by atoms with Gasteiger partial charge in [-0.1, -0.05) is 168 Å². The fourth-order valence-corrected chi connectivity index (χ4v) is 7.18. The Balaban J connectivity index is 1.30. The first kappa shape index (κ1) is 42.0. The number of esters is 2. The molecular formula is C41H71N3O6. The van der Waals surface area contributed by atoms with E-state index < -0.39 is 24.5 Å². The first-order valence-electron chi connectivity index (χ1n) is 20.8. The van der Waals surface area contributed by atoms with Crippen LogP contribution in [0, 0.1) is 5.41 Å². The van der Waals surface area contributed by atoms with E-state index >= 15 is 0 Å². The Morgan fingerprint density at radius 3 is 1.60 bits per heavy atom. The minimum atomic E-state index is -0.727. The maximum Gasteiger partial charge on any atom is 0.306 e. The molecule has 0 aliphatic carbocycles. The summed E-state index contributed by atoms with van der Waals surface area (Å²) in [5, 5.41) is 7.84. The molecule has 0 bridgehead atoms. The van der Waals surface area contributed by atoms with Gasteiger partial charge in [0.25, 0.3) is 0 Å². The first-order valence-corrected chi connectivity index (χ1v) is 20.8. The molecule has 3 rings (SSSR count). The van der Waals surface area contributed by atoms with Gasteiger partial charge in [0, 0.05) is 19.0 Å². The maximum atomic E-state index is 13.0. The SMILES string of the molecule is CCCCCCCCCCCCCCCC(=O)OC[C@H]1O[C@@H]2[C@H](Oc3nc(=N)ccn32)[C@@H]1OC(=O)CCCCCCCCCCCCCCC. The van der Waals surface area contributed by atoms with Crippen molar-refractivity contribution in [1.29, 1.82) is 5.41 Å². The lowest BCUT2D eigenvalue weighted by Gasteiger charge is -2.22. The van der Waals surface area contributed by atoms with Gasteiger partial charge in [0.15, 0.2) is 23.9 Å². The van der Waals surface area contributed by atoms with Crippen LogP contribution in [0.2, 0.25) is 0 Å². The Morgan fingerprint density at radius 1 is 0.680 bits per heavy atom. The van der Waals surface area contributed by atoms with Crippen LogP contribution < -0.4 is 10.2 Å². The molecule has 0 aromatic carbocycles. The molecule has 0 radical (unpaired) electrons. The van der Waals surface area contributed by atoms with E-state index in [0.29, 0.717) is 12.8 Å². The van der Waals surface area contributed by atoms with E-state index in [9.17, 15) is 9.59 Å². The zero-order valence-corrected chi connectivity index (χ0v) is 31.8. The fourth-order valence-electron chi connectivity index (χ4n) is 7.18. The third-order valence-electron chi connectivity index (χ3n) is 10.3. The van der Waals surface area contributed by atoms with Gasteiger partial charge in [-0.3, -0.25) is 19.6 Å². The van der Waals surface area contributed by atoms with E-state index in [0.717, 1.165) is 38.5 Å². The number of rotatable bonds is 31. The summed E-state index contributed by atoms with van der Waals surface area (Å²) in [6.45, 7) is 4.53. The summed E-state index contributed by atoms with van der Waals surface area (Å²) >= 11 is 0. The summed E-state index contributed by atoms with van der Waals surface area (Å²) in [4.78, 5) is 29.7. The molecule has 0 unspecified atom stereocenters. The van der Waals surface area contributed by atoms with E-state index in [4.69, 9.17) is 24.4 Å². The van der Waals surface area contributed by atoms with E-state index in [-0.39, 0.29) is 30.0 Å². The lowest BCUT2D eigenvalue weighted by molar-refractivity contribution is -0.160. The maximum absolute atomic E-state index is 13.0.